The molecule has 0 spiro atoms. The fourth-order valence-electron chi connectivity index (χ4n) is 3.41. The summed E-state index contributed by atoms with van der Waals surface area (Å²) in [5.41, 5.74) is -0.703. The third kappa shape index (κ3) is 5.43. The molecule has 32 heavy (non-hydrogen) atoms. The fraction of sp³-hybridized carbons (Fsp3) is 0.217. The van der Waals surface area contributed by atoms with E-state index < -0.39 is 29.0 Å². The fourth-order valence-corrected chi connectivity index (χ4v) is 3.79. The number of rotatable bonds is 6. The first kappa shape index (κ1) is 23.7. The molecule has 0 radical (unpaired) electrons. The number of amides is 1. The molecule has 4 nitrogen and oxygen atoms in total. The van der Waals surface area contributed by atoms with Crippen LogP contribution in [0, 0.1) is 5.82 Å². The molecule has 168 valence electrons. The van der Waals surface area contributed by atoms with E-state index in [1.807, 2.05) is 0 Å². The Morgan fingerprint density at radius 1 is 1.09 bits per heavy atom. The van der Waals surface area contributed by atoms with E-state index in [9.17, 15) is 27.2 Å². The van der Waals surface area contributed by atoms with Crippen molar-refractivity contribution in [1.82, 2.24) is 9.88 Å². The summed E-state index contributed by atoms with van der Waals surface area (Å²) < 4.78 is 55.1. The minimum Gasteiger partial charge on any atom is -0.352 e. The third-order valence-corrected chi connectivity index (χ3v) is 5.50. The molecule has 0 bridgehead atoms. The van der Waals surface area contributed by atoms with Gasteiger partial charge < -0.3 is 9.88 Å². The normalized spacial score (nSPS) is 11.4. The average molecular weight is 464 g/mol. The summed E-state index contributed by atoms with van der Waals surface area (Å²) in [7, 11) is 3.72. The van der Waals surface area contributed by atoms with E-state index in [0.29, 0.717) is 17.3 Å². The number of alkyl halides is 3. The second-order valence-corrected chi connectivity index (χ2v) is 7.95. The van der Waals surface area contributed by atoms with Gasteiger partial charge >= 0.3 is 6.18 Å². The number of aromatic nitrogens is 1. The molecule has 1 aromatic heterocycles. The maximum absolute atomic E-state index is 13.9. The van der Waals surface area contributed by atoms with Gasteiger partial charge in [0.2, 0.25) is 0 Å². The molecule has 0 fully saturated rings. The van der Waals surface area contributed by atoms with Gasteiger partial charge in [0.05, 0.1) is 11.1 Å². The van der Waals surface area contributed by atoms with E-state index in [1.165, 1.54) is 19.2 Å². The quantitative estimate of drug-likeness (QED) is 0.448. The van der Waals surface area contributed by atoms with Gasteiger partial charge in [-0.05, 0) is 35.0 Å². The van der Waals surface area contributed by atoms with Crippen LogP contribution in [0.25, 0.3) is 0 Å². The monoisotopic (exact) mass is 464 g/mol. The minimum absolute atomic E-state index is 0.0501. The first-order valence-corrected chi connectivity index (χ1v) is 10.3. The van der Waals surface area contributed by atoms with Gasteiger partial charge in [-0.2, -0.15) is 13.2 Å². The van der Waals surface area contributed by atoms with E-state index in [4.69, 9.17) is 0 Å². The van der Waals surface area contributed by atoms with Gasteiger partial charge in [0.15, 0.2) is 0 Å². The van der Waals surface area contributed by atoms with Gasteiger partial charge in [0, 0.05) is 31.8 Å². The Labute approximate surface area is 184 Å². The highest BCUT2D eigenvalue weighted by Gasteiger charge is 2.34. The summed E-state index contributed by atoms with van der Waals surface area (Å²) in [5.74, 6) is -1.17. The van der Waals surface area contributed by atoms with Gasteiger partial charge in [0.25, 0.3) is 11.5 Å². The molecule has 0 saturated heterocycles. The summed E-state index contributed by atoms with van der Waals surface area (Å²) in [4.78, 5) is 24.6. The molecule has 9 heteroatoms. The zero-order chi connectivity index (χ0) is 23.5. The second kappa shape index (κ2) is 9.65. The Morgan fingerprint density at radius 2 is 1.78 bits per heavy atom. The molecule has 0 aliphatic carbocycles. The van der Waals surface area contributed by atoms with Crippen molar-refractivity contribution in [2.75, 3.05) is 6.54 Å². The lowest BCUT2D eigenvalue weighted by molar-refractivity contribution is -0.138. The number of halogens is 4. The van der Waals surface area contributed by atoms with Gasteiger partial charge in [-0.15, -0.1) is 9.24 Å². The molecular formula is C23H21F4N2O2P. The number of aryl methyl sites for hydroxylation is 1. The van der Waals surface area contributed by atoms with E-state index >= 15 is 0 Å². The van der Waals surface area contributed by atoms with Crippen LogP contribution >= 0.6 is 9.24 Å². The van der Waals surface area contributed by atoms with Crippen LogP contribution in [0.5, 0.6) is 0 Å². The second-order valence-electron chi connectivity index (χ2n) is 7.33. The van der Waals surface area contributed by atoms with Crippen LogP contribution in [0.15, 0.2) is 59.5 Å². The molecule has 0 aliphatic heterocycles. The zero-order valence-corrected chi connectivity index (χ0v) is 18.3. The first-order chi connectivity index (χ1) is 15.1. The lowest BCUT2D eigenvalue weighted by Crippen LogP contribution is -2.29. The number of hydrogen-bond acceptors (Lipinski definition) is 2. The van der Waals surface area contributed by atoms with E-state index in [1.54, 1.807) is 30.3 Å². The van der Waals surface area contributed by atoms with Crippen LogP contribution in [0.3, 0.4) is 0 Å². The van der Waals surface area contributed by atoms with Crippen molar-refractivity contribution in [2.45, 2.75) is 19.0 Å². The maximum Gasteiger partial charge on any atom is 0.416 e. The smallest absolute Gasteiger partial charge is 0.352 e. The molecule has 0 saturated carbocycles. The van der Waals surface area contributed by atoms with Crippen LogP contribution in [-0.2, 0) is 26.1 Å². The predicted molar refractivity (Wildman–Crippen MR) is 118 cm³/mol. The van der Waals surface area contributed by atoms with Crippen LogP contribution in [0.4, 0.5) is 17.6 Å². The lowest BCUT2D eigenvalue weighted by Gasteiger charge is -2.14. The molecule has 1 amide bonds. The number of nitrogens with zero attached hydrogens (tertiary/aromatic N) is 1. The van der Waals surface area contributed by atoms with E-state index in [2.05, 4.69) is 14.6 Å². The number of pyridine rings is 1. The molecular weight excluding hydrogens is 443 g/mol. The van der Waals surface area contributed by atoms with Crippen molar-refractivity contribution in [3.05, 3.63) is 98.7 Å². The Morgan fingerprint density at radius 3 is 2.47 bits per heavy atom. The molecule has 0 aliphatic rings. The van der Waals surface area contributed by atoms with Crippen molar-refractivity contribution in [3.8, 4) is 0 Å². The van der Waals surface area contributed by atoms with Gasteiger partial charge in [-0.1, -0.05) is 36.4 Å². The van der Waals surface area contributed by atoms with E-state index in [-0.39, 0.29) is 24.1 Å². The largest absolute Gasteiger partial charge is 0.416 e. The van der Waals surface area contributed by atoms with E-state index in [0.717, 1.165) is 22.4 Å². The van der Waals surface area contributed by atoms with Crippen LogP contribution in [-0.4, -0.2) is 17.0 Å². The van der Waals surface area contributed by atoms with Crippen LogP contribution < -0.4 is 16.2 Å². The van der Waals surface area contributed by atoms with Gasteiger partial charge in [-0.25, -0.2) is 4.39 Å². The molecule has 2 aromatic carbocycles. The Kier molecular flexibility index (Phi) is 7.14. The van der Waals surface area contributed by atoms with Gasteiger partial charge in [-0.3, -0.25) is 9.59 Å². The SMILES string of the molecule is Cn1ccc(C(F)(F)F)c(Cc2cccc(CCNC(=O)c3c(F)cccc3P)c2)c1=O. The number of nitrogens with one attached hydrogen (secondary N) is 1. The summed E-state index contributed by atoms with van der Waals surface area (Å²) in [6.07, 6.45) is -3.31. The van der Waals surface area contributed by atoms with Crippen molar-refractivity contribution in [3.63, 3.8) is 0 Å². The highest BCUT2D eigenvalue weighted by Crippen LogP contribution is 2.31. The Hall–Kier alpha value is -2.99. The summed E-state index contributed by atoms with van der Waals surface area (Å²) >= 11 is 0. The standard InChI is InChI=1S/C23H21F4N2O2P/c1-29-11-9-17(23(25,26)27)16(22(29)31)13-15-5-2-4-14(12-15)8-10-28-21(30)20-18(24)6-3-7-19(20)32/h2-7,9,11-12H,8,10,13,32H2,1H3,(H,28,30). The Bertz CT molecular complexity index is 1190. The Balaban J connectivity index is 1.73. The van der Waals surface area contributed by atoms with Crippen LogP contribution in [0.2, 0.25) is 0 Å². The molecule has 1 unspecified atom stereocenters. The predicted octanol–water partition coefficient (Wildman–Crippen LogP) is 3.61. The average Bonchev–Trinajstić information content (AvgIpc) is 2.71. The highest BCUT2D eigenvalue weighted by molar-refractivity contribution is 7.27. The lowest BCUT2D eigenvalue weighted by atomic mass is 9.99. The molecule has 1 N–H and O–H groups in total. The summed E-state index contributed by atoms with van der Waals surface area (Å²) in [6, 6.07) is 12.0. The highest BCUT2D eigenvalue weighted by atomic mass is 31.0. The first-order valence-electron chi connectivity index (χ1n) is 9.73. The third-order valence-electron chi connectivity index (χ3n) is 5.02. The molecule has 1 heterocycles. The summed E-state index contributed by atoms with van der Waals surface area (Å²) in [5, 5.41) is 3.09. The van der Waals surface area contributed by atoms with Crippen molar-refractivity contribution < 1.29 is 22.4 Å². The number of benzene rings is 2. The van der Waals surface area contributed by atoms with Gasteiger partial charge in [0.1, 0.15) is 5.82 Å². The van der Waals surface area contributed by atoms with Crippen molar-refractivity contribution in [1.29, 1.82) is 0 Å². The number of hydrogen-bond donors (Lipinski definition) is 1. The topological polar surface area (TPSA) is 51.1 Å². The molecule has 1 atom stereocenters. The maximum atomic E-state index is 13.9. The summed E-state index contributed by atoms with van der Waals surface area (Å²) in [6.45, 7) is 0.210. The minimum atomic E-state index is -4.63. The molecule has 3 aromatic rings. The van der Waals surface area contributed by atoms with Crippen molar-refractivity contribution >= 4 is 20.5 Å². The molecule has 3 rings (SSSR count). The van der Waals surface area contributed by atoms with Crippen LogP contribution in [0.1, 0.15) is 32.6 Å². The number of carbonyl (C=O) groups is 1. The number of carbonyl (C=O) groups excluding carboxylic acids is 1. The zero-order valence-electron chi connectivity index (χ0n) is 17.2. The van der Waals surface area contributed by atoms with Crippen molar-refractivity contribution in [2.24, 2.45) is 7.05 Å².